The molecule has 19 heavy (non-hydrogen) atoms. The second kappa shape index (κ2) is 7.84. The molecule has 0 bridgehead atoms. The van der Waals surface area contributed by atoms with Gasteiger partial charge in [0.2, 0.25) is 5.91 Å². The van der Waals surface area contributed by atoms with Crippen LogP contribution >= 0.6 is 0 Å². The number of nitrogens with zero attached hydrogens (tertiary/aromatic N) is 3. The van der Waals surface area contributed by atoms with Crippen LogP contribution in [0.3, 0.4) is 0 Å². The second-order valence-electron chi connectivity index (χ2n) is 3.61. The fourth-order valence-corrected chi connectivity index (χ4v) is 1.22. The van der Waals surface area contributed by atoms with Gasteiger partial charge in [-0.15, -0.1) is 0 Å². The van der Waals surface area contributed by atoms with Crippen molar-refractivity contribution in [3.05, 3.63) is 22.6 Å². The summed E-state index contributed by atoms with van der Waals surface area (Å²) in [6.07, 6.45) is 2.04. The molecule has 1 aromatic heterocycles. The summed E-state index contributed by atoms with van der Waals surface area (Å²) in [6.45, 7) is 0.575. The minimum atomic E-state index is -0.451. The molecule has 8 nitrogen and oxygen atoms in total. The first kappa shape index (κ1) is 14.7. The van der Waals surface area contributed by atoms with E-state index in [0.29, 0.717) is 25.3 Å². The Morgan fingerprint density at radius 2 is 2.42 bits per heavy atom. The summed E-state index contributed by atoms with van der Waals surface area (Å²) < 4.78 is 6.24. The van der Waals surface area contributed by atoms with E-state index in [2.05, 4.69) is 10.4 Å². The molecular weight excluding hydrogens is 250 g/mol. The van der Waals surface area contributed by atoms with Gasteiger partial charge in [0, 0.05) is 6.07 Å². The summed E-state index contributed by atoms with van der Waals surface area (Å²) in [5.74, 6) is -0.111. The van der Waals surface area contributed by atoms with Crippen molar-refractivity contribution in [1.29, 1.82) is 5.26 Å². The first-order valence-electron chi connectivity index (χ1n) is 5.71. The zero-order valence-electron chi connectivity index (χ0n) is 10.3. The summed E-state index contributed by atoms with van der Waals surface area (Å²) >= 11 is 0. The fourth-order valence-electron chi connectivity index (χ4n) is 1.22. The minimum Gasteiger partial charge on any atom is -0.492 e. The van der Waals surface area contributed by atoms with Gasteiger partial charge in [-0.3, -0.25) is 9.59 Å². The molecule has 0 aliphatic heterocycles. The van der Waals surface area contributed by atoms with Gasteiger partial charge in [0.05, 0.1) is 18.9 Å². The quantitative estimate of drug-likeness (QED) is 0.462. The lowest BCUT2D eigenvalue weighted by molar-refractivity contribution is -0.121. The number of hydrogen-bond acceptors (Lipinski definition) is 6. The molecule has 0 fully saturated rings. The Morgan fingerprint density at radius 3 is 3.05 bits per heavy atom. The van der Waals surface area contributed by atoms with E-state index in [4.69, 9.17) is 15.7 Å². The van der Waals surface area contributed by atoms with Crippen LogP contribution in [0.1, 0.15) is 6.42 Å². The van der Waals surface area contributed by atoms with Gasteiger partial charge in [0.25, 0.3) is 5.56 Å². The molecule has 0 aromatic carbocycles. The number of nitrogens with two attached hydrogens (primary N) is 1. The first-order valence-corrected chi connectivity index (χ1v) is 5.71. The lowest BCUT2D eigenvalue weighted by Gasteiger charge is -2.07. The molecule has 0 saturated carbocycles. The van der Waals surface area contributed by atoms with E-state index in [1.54, 1.807) is 6.07 Å². The third-order valence-electron chi connectivity index (χ3n) is 2.12. The van der Waals surface area contributed by atoms with Gasteiger partial charge in [-0.2, -0.15) is 10.4 Å². The maximum absolute atomic E-state index is 11.6. The number of nitriles is 1. The monoisotopic (exact) mass is 265 g/mol. The average Bonchev–Trinajstić information content (AvgIpc) is 2.40. The van der Waals surface area contributed by atoms with Crippen LogP contribution in [0.5, 0.6) is 5.75 Å². The van der Waals surface area contributed by atoms with Crippen molar-refractivity contribution >= 4 is 5.91 Å². The van der Waals surface area contributed by atoms with E-state index >= 15 is 0 Å². The molecule has 1 amide bonds. The highest BCUT2D eigenvalue weighted by Crippen LogP contribution is 2.03. The third kappa shape index (κ3) is 5.18. The summed E-state index contributed by atoms with van der Waals surface area (Å²) in [6, 6.07) is 3.02. The largest absolute Gasteiger partial charge is 0.492 e. The molecule has 0 atom stereocenters. The van der Waals surface area contributed by atoms with Gasteiger partial charge in [-0.25, -0.2) is 4.68 Å². The summed E-state index contributed by atoms with van der Waals surface area (Å²) in [7, 11) is 0. The number of rotatable bonds is 7. The standard InChI is InChI=1S/C11H15N5O3/c12-2-1-5-19-9-6-11(18)16(15-7-9)8-10(17)14-4-3-13/h6-7H,1-2,4-5,8,12H2,(H,14,17). The van der Waals surface area contributed by atoms with Gasteiger partial charge < -0.3 is 15.8 Å². The first-order chi connectivity index (χ1) is 9.17. The van der Waals surface area contributed by atoms with Crippen LogP contribution in [0.4, 0.5) is 0 Å². The normalized spacial score (nSPS) is 9.68. The van der Waals surface area contributed by atoms with Crippen LogP contribution in [-0.4, -0.2) is 35.4 Å². The highest BCUT2D eigenvalue weighted by Gasteiger charge is 2.06. The number of amides is 1. The van der Waals surface area contributed by atoms with Gasteiger partial charge >= 0.3 is 0 Å². The van der Waals surface area contributed by atoms with Crippen LogP contribution < -0.4 is 21.3 Å². The van der Waals surface area contributed by atoms with Crippen LogP contribution in [0.2, 0.25) is 0 Å². The molecular formula is C11H15N5O3. The third-order valence-corrected chi connectivity index (χ3v) is 2.12. The van der Waals surface area contributed by atoms with Gasteiger partial charge in [0.15, 0.2) is 0 Å². The van der Waals surface area contributed by atoms with Crippen molar-refractivity contribution in [3.63, 3.8) is 0 Å². The van der Waals surface area contributed by atoms with E-state index < -0.39 is 11.5 Å². The lowest BCUT2D eigenvalue weighted by atomic mass is 10.4. The topological polar surface area (TPSA) is 123 Å². The van der Waals surface area contributed by atoms with Crippen LogP contribution in [0, 0.1) is 11.3 Å². The van der Waals surface area contributed by atoms with Gasteiger partial charge in [0.1, 0.15) is 18.8 Å². The number of ether oxygens (including phenoxy) is 1. The number of carbonyl (C=O) groups excluding carboxylic acids is 1. The van der Waals surface area contributed by atoms with Gasteiger partial charge in [-0.1, -0.05) is 0 Å². The molecule has 0 saturated heterocycles. The van der Waals surface area contributed by atoms with E-state index in [1.807, 2.05) is 0 Å². The number of aromatic nitrogens is 2. The number of carbonyl (C=O) groups is 1. The molecule has 8 heteroatoms. The van der Waals surface area contributed by atoms with Crippen LogP contribution in [0.25, 0.3) is 0 Å². The van der Waals surface area contributed by atoms with Crippen molar-refractivity contribution in [1.82, 2.24) is 15.1 Å². The highest BCUT2D eigenvalue weighted by atomic mass is 16.5. The molecule has 3 N–H and O–H groups in total. The van der Waals surface area contributed by atoms with E-state index in [1.165, 1.54) is 12.3 Å². The molecule has 1 heterocycles. The Morgan fingerprint density at radius 1 is 1.63 bits per heavy atom. The minimum absolute atomic E-state index is 0.103. The van der Waals surface area contributed by atoms with E-state index in [0.717, 1.165) is 4.68 Å². The molecule has 1 rings (SSSR count). The average molecular weight is 265 g/mol. The molecule has 0 spiro atoms. The maximum atomic E-state index is 11.6. The highest BCUT2D eigenvalue weighted by molar-refractivity contribution is 5.75. The van der Waals surface area contributed by atoms with E-state index in [-0.39, 0.29) is 13.1 Å². The van der Waals surface area contributed by atoms with Crippen molar-refractivity contribution in [3.8, 4) is 11.8 Å². The van der Waals surface area contributed by atoms with Crippen molar-refractivity contribution < 1.29 is 9.53 Å². The second-order valence-corrected chi connectivity index (χ2v) is 3.61. The van der Waals surface area contributed by atoms with Crippen LogP contribution in [-0.2, 0) is 11.3 Å². The molecule has 102 valence electrons. The molecule has 0 radical (unpaired) electrons. The molecule has 0 unspecified atom stereocenters. The predicted molar refractivity (Wildman–Crippen MR) is 66.3 cm³/mol. The SMILES string of the molecule is N#CCNC(=O)Cn1ncc(OCCCN)cc1=O. The Bertz CT molecular complexity index is 520. The molecule has 0 aliphatic carbocycles. The smallest absolute Gasteiger partial charge is 0.270 e. The van der Waals surface area contributed by atoms with E-state index in [9.17, 15) is 9.59 Å². The Kier molecular flexibility index (Phi) is 6.05. The summed E-state index contributed by atoms with van der Waals surface area (Å²) in [5.41, 5.74) is 4.87. The fraction of sp³-hybridized carbons (Fsp3) is 0.455. The molecule has 0 aliphatic rings. The number of nitrogens with one attached hydrogen (secondary N) is 1. The van der Waals surface area contributed by atoms with Crippen LogP contribution in [0.15, 0.2) is 17.1 Å². The summed E-state index contributed by atoms with van der Waals surface area (Å²) in [5, 5.41) is 14.4. The lowest BCUT2D eigenvalue weighted by Crippen LogP contribution is -2.33. The summed E-state index contributed by atoms with van der Waals surface area (Å²) in [4.78, 5) is 22.9. The van der Waals surface area contributed by atoms with Crippen molar-refractivity contribution in [2.24, 2.45) is 5.73 Å². The maximum Gasteiger partial charge on any atom is 0.270 e. The van der Waals surface area contributed by atoms with Crippen molar-refractivity contribution in [2.75, 3.05) is 19.7 Å². The molecule has 1 aromatic rings. The zero-order valence-corrected chi connectivity index (χ0v) is 10.3. The van der Waals surface area contributed by atoms with Crippen molar-refractivity contribution in [2.45, 2.75) is 13.0 Å². The van der Waals surface area contributed by atoms with Gasteiger partial charge in [-0.05, 0) is 13.0 Å². The Hall–Kier alpha value is -2.40. The zero-order chi connectivity index (χ0) is 14.1. The Balaban J connectivity index is 2.60. The number of hydrogen-bond donors (Lipinski definition) is 2. The predicted octanol–water partition coefficient (Wildman–Crippen LogP) is -1.39. The Labute approximate surface area is 109 Å².